The highest BCUT2D eigenvalue weighted by atomic mass is 19.4. The van der Waals surface area contributed by atoms with Crippen LogP contribution in [-0.4, -0.2) is 21.0 Å². The second kappa shape index (κ2) is 5.23. The minimum atomic E-state index is -4.91. The Morgan fingerprint density at radius 1 is 1.33 bits per heavy atom. The number of rotatable bonds is 3. The number of anilines is 1. The van der Waals surface area contributed by atoms with Gasteiger partial charge in [-0.25, -0.2) is 0 Å². The number of nitro groups is 1. The number of carbonyl (C=O) groups excluding carboxylic acids is 1. The molecular weight excluding hydrogens is 293 g/mol. The zero-order valence-electron chi connectivity index (χ0n) is 10.1. The van der Waals surface area contributed by atoms with Gasteiger partial charge >= 0.3 is 6.18 Å². The number of carbonyl (C=O) groups is 1. The number of alkyl halides is 3. The highest BCUT2D eigenvalue weighted by molar-refractivity contribution is 6.02. The fourth-order valence-electron chi connectivity index (χ4n) is 1.58. The molecule has 2 aromatic rings. The van der Waals surface area contributed by atoms with E-state index in [0.717, 1.165) is 6.07 Å². The summed E-state index contributed by atoms with van der Waals surface area (Å²) in [6, 6.07) is 3.53. The van der Waals surface area contributed by atoms with Crippen LogP contribution in [0.4, 0.5) is 24.5 Å². The van der Waals surface area contributed by atoms with Crippen molar-refractivity contribution in [2.45, 2.75) is 6.18 Å². The van der Waals surface area contributed by atoms with Gasteiger partial charge in [0, 0.05) is 18.0 Å². The molecule has 2 rings (SSSR count). The molecule has 0 unspecified atom stereocenters. The Hall–Kier alpha value is -2.91. The zero-order valence-corrected chi connectivity index (χ0v) is 10.1. The summed E-state index contributed by atoms with van der Waals surface area (Å²) in [5.41, 5.74) is -2.69. The van der Waals surface area contributed by atoms with Gasteiger partial charge in [-0.1, -0.05) is 0 Å². The molecule has 0 radical (unpaired) electrons. The number of hydrogen-bond acceptors (Lipinski definition) is 4. The van der Waals surface area contributed by atoms with Crippen LogP contribution in [-0.2, 0) is 6.18 Å². The van der Waals surface area contributed by atoms with E-state index in [1.165, 1.54) is 12.3 Å². The van der Waals surface area contributed by atoms with Crippen LogP contribution >= 0.6 is 0 Å². The number of hydrogen-bond donors (Lipinski definition) is 2. The Kier molecular flexibility index (Phi) is 3.61. The fourth-order valence-corrected chi connectivity index (χ4v) is 1.58. The third-order valence-corrected chi connectivity index (χ3v) is 2.50. The molecule has 0 atom stereocenters. The molecular formula is C11H7F3N4O3. The van der Waals surface area contributed by atoms with Gasteiger partial charge in [0.2, 0.25) is 0 Å². The summed E-state index contributed by atoms with van der Waals surface area (Å²) in [4.78, 5) is 21.1. The van der Waals surface area contributed by atoms with Gasteiger partial charge in [0.15, 0.2) is 0 Å². The third kappa shape index (κ3) is 3.16. The van der Waals surface area contributed by atoms with Crippen LogP contribution in [0.25, 0.3) is 0 Å². The highest BCUT2D eigenvalue weighted by Crippen LogP contribution is 2.37. The number of benzene rings is 1. The Balaban J connectivity index is 2.34. The molecule has 2 N–H and O–H groups in total. The van der Waals surface area contributed by atoms with E-state index in [0.29, 0.717) is 12.1 Å². The van der Waals surface area contributed by atoms with E-state index < -0.39 is 28.3 Å². The van der Waals surface area contributed by atoms with Gasteiger partial charge in [-0.2, -0.15) is 18.3 Å². The number of H-pyrrole nitrogens is 1. The summed E-state index contributed by atoms with van der Waals surface area (Å²) < 4.78 is 38.3. The second-order valence-electron chi connectivity index (χ2n) is 3.91. The van der Waals surface area contributed by atoms with Gasteiger partial charge in [0.1, 0.15) is 11.3 Å². The Morgan fingerprint density at radius 3 is 2.57 bits per heavy atom. The molecule has 0 fully saturated rings. The van der Waals surface area contributed by atoms with Crippen molar-refractivity contribution >= 4 is 17.3 Å². The molecule has 7 nitrogen and oxygen atoms in total. The predicted octanol–water partition coefficient (Wildman–Crippen LogP) is 2.59. The third-order valence-electron chi connectivity index (χ3n) is 2.50. The van der Waals surface area contributed by atoms with Crippen molar-refractivity contribution in [1.29, 1.82) is 0 Å². The summed E-state index contributed by atoms with van der Waals surface area (Å²) in [7, 11) is 0. The Bertz CT molecular complexity index is 683. The quantitative estimate of drug-likeness (QED) is 0.672. The lowest BCUT2D eigenvalue weighted by molar-refractivity contribution is -0.388. The van der Waals surface area contributed by atoms with Crippen molar-refractivity contribution in [3.05, 3.63) is 51.8 Å². The second-order valence-corrected chi connectivity index (χ2v) is 3.91. The van der Waals surface area contributed by atoms with Crippen molar-refractivity contribution in [3.63, 3.8) is 0 Å². The number of amides is 1. The zero-order chi connectivity index (χ0) is 15.6. The maximum absolute atomic E-state index is 12.8. The SMILES string of the molecule is O=C(Nc1ccc([N+](=O)[O-])c(C(F)(F)F)c1)c1ccn[nH]1. The lowest BCUT2D eigenvalue weighted by Crippen LogP contribution is -2.14. The first-order valence-corrected chi connectivity index (χ1v) is 5.45. The maximum atomic E-state index is 12.8. The molecule has 1 aromatic carbocycles. The first-order valence-electron chi connectivity index (χ1n) is 5.45. The van der Waals surface area contributed by atoms with Gasteiger partial charge in [-0.05, 0) is 18.2 Å². The van der Waals surface area contributed by atoms with Gasteiger partial charge < -0.3 is 5.32 Å². The summed E-state index contributed by atoms with van der Waals surface area (Å²) in [6.07, 6.45) is -3.61. The molecule has 0 saturated heterocycles. The molecule has 10 heteroatoms. The molecule has 21 heavy (non-hydrogen) atoms. The number of aromatic amines is 1. The molecule has 0 aliphatic heterocycles. The predicted molar refractivity (Wildman–Crippen MR) is 64.6 cm³/mol. The minimum absolute atomic E-state index is 0.0434. The molecule has 0 spiro atoms. The molecule has 0 aliphatic carbocycles. The fraction of sp³-hybridized carbons (Fsp3) is 0.0909. The topological polar surface area (TPSA) is 101 Å². The number of nitro benzene ring substituents is 1. The average Bonchev–Trinajstić information content (AvgIpc) is 2.91. The summed E-state index contributed by atoms with van der Waals surface area (Å²) in [6.45, 7) is 0. The molecule has 1 aromatic heterocycles. The van der Waals surface area contributed by atoms with E-state index in [1.54, 1.807) is 0 Å². The lowest BCUT2D eigenvalue weighted by Gasteiger charge is -2.10. The number of halogens is 3. The molecule has 1 amide bonds. The average molecular weight is 300 g/mol. The van der Waals surface area contributed by atoms with Crippen LogP contribution in [0.3, 0.4) is 0 Å². The highest BCUT2D eigenvalue weighted by Gasteiger charge is 2.38. The molecule has 0 bridgehead atoms. The number of aromatic nitrogens is 2. The van der Waals surface area contributed by atoms with E-state index in [4.69, 9.17) is 0 Å². The van der Waals surface area contributed by atoms with E-state index in [9.17, 15) is 28.1 Å². The summed E-state index contributed by atoms with van der Waals surface area (Å²) >= 11 is 0. The summed E-state index contributed by atoms with van der Waals surface area (Å²) in [5.74, 6) is -0.713. The number of nitrogens with zero attached hydrogens (tertiary/aromatic N) is 2. The van der Waals surface area contributed by atoms with Gasteiger partial charge in [-0.15, -0.1) is 0 Å². The van der Waals surface area contributed by atoms with Crippen LogP contribution in [0.5, 0.6) is 0 Å². The smallest absolute Gasteiger partial charge is 0.321 e. The summed E-state index contributed by atoms with van der Waals surface area (Å²) in [5, 5.41) is 18.6. The molecule has 110 valence electrons. The monoisotopic (exact) mass is 300 g/mol. The van der Waals surface area contributed by atoms with Crippen molar-refractivity contribution in [2.75, 3.05) is 5.32 Å². The number of nitrogens with one attached hydrogen (secondary N) is 2. The van der Waals surface area contributed by atoms with Gasteiger partial charge in [-0.3, -0.25) is 20.0 Å². The standard InChI is InChI=1S/C11H7F3N4O3/c12-11(13,14)7-5-6(1-2-9(7)18(20)21)16-10(19)8-3-4-15-17-8/h1-5H,(H,15,17)(H,16,19). The normalized spacial score (nSPS) is 11.2. The van der Waals surface area contributed by atoms with Crippen molar-refractivity contribution < 1.29 is 22.9 Å². The van der Waals surface area contributed by atoms with Gasteiger partial charge in [0.05, 0.1) is 4.92 Å². The van der Waals surface area contributed by atoms with Crippen molar-refractivity contribution in [2.24, 2.45) is 0 Å². The Labute approximate surface area is 114 Å². The Morgan fingerprint density at radius 2 is 2.05 bits per heavy atom. The molecule has 0 aliphatic rings. The van der Waals surface area contributed by atoms with Crippen LogP contribution in [0, 0.1) is 10.1 Å². The molecule has 0 saturated carbocycles. The van der Waals surface area contributed by atoms with E-state index in [2.05, 4.69) is 15.5 Å². The van der Waals surface area contributed by atoms with E-state index in [-0.39, 0.29) is 11.4 Å². The van der Waals surface area contributed by atoms with Crippen molar-refractivity contribution in [3.8, 4) is 0 Å². The van der Waals surface area contributed by atoms with E-state index >= 15 is 0 Å². The lowest BCUT2D eigenvalue weighted by atomic mass is 10.1. The van der Waals surface area contributed by atoms with Crippen LogP contribution in [0.2, 0.25) is 0 Å². The first kappa shape index (κ1) is 14.5. The van der Waals surface area contributed by atoms with Crippen molar-refractivity contribution in [1.82, 2.24) is 10.2 Å². The van der Waals surface area contributed by atoms with Crippen LogP contribution in [0.1, 0.15) is 16.1 Å². The van der Waals surface area contributed by atoms with Gasteiger partial charge in [0.25, 0.3) is 11.6 Å². The van der Waals surface area contributed by atoms with Crippen LogP contribution in [0.15, 0.2) is 30.5 Å². The first-order chi connectivity index (χ1) is 9.79. The molecule has 1 heterocycles. The van der Waals surface area contributed by atoms with E-state index in [1.807, 2.05) is 0 Å². The maximum Gasteiger partial charge on any atom is 0.423 e. The largest absolute Gasteiger partial charge is 0.423 e. The van der Waals surface area contributed by atoms with Crippen LogP contribution < -0.4 is 5.32 Å². The minimum Gasteiger partial charge on any atom is -0.321 e.